The molecule has 2 N–H and O–H groups in total. The van der Waals surface area contributed by atoms with Crippen LogP contribution in [0.15, 0.2) is 41.4 Å². The summed E-state index contributed by atoms with van der Waals surface area (Å²) in [5.74, 6) is -2.03. The Morgan fingerprint density at radius 1 is 1.33 bits per heavy atom. The number of hydrogen-bond donors (Lipinski definition) is 2. The van der Waals surface area contributed by atoms with Crippen molar-refractivity contribution in [3.05, 3.63) is 52.5 Å². The van der Waals surface area contributed by atoms with Crippen molar-refractivity contribution in [2.24, 2.45) is 0 Å². The number of sulfonamides is 1. The predicted molar refractivity (Wildman–Crippen MR) is 69.8 cm³/mol. The smallest absolute Gasteiger partial charge is 0.304 e. The zero-order valence-electron chi connectivity index (χ0n) is 10.2. The number of benzene rings is 1. The number of nitrogens with zero attached hydrogens (tertiary/aromatic N) is 2. The maximum atomic E-state index is 13.5. The molecule has 1 heterocycles. The summed E-state index contributed by atoms with van der Waals surface area (Å²) in [7, 11) is -4.24. The van der Waals surface area contributed by atoms with Gasteiger partial charge >= 0.3 is 5.69 Å². The largest absolute Gasteiger partial charge is 0.504 e. The third-order valence-electron chi connectivity index (χ3n) is 2.44. The molecule has 0 aliphatic rings. The van der Waals surface area contributed by atoms with Gasteiger partial charge in [-0.1, -0.05) is 0 Å². The number of aromatic hydroxyl groups is 1. The summed E-state index contributed by atoms with van der Waals surface area (Å²) in [4.78, 5) is 12.6. The summed E-state index contributed by atoms with van der Waals surface area (Å²) >= 11 is 0. The molecule has 0 aliphatic heterocycles. The maximum absolute atomic E-state index is 13.5. The fourth-order valence-corrected chi connectivity index (χ4v) is 2.50. The van der Waals surface area contributed by atoms with Crippen LogP contribution in [0.25, 0.3) is 0 Å². The van der Waals surface area contributed by atoms with Crippen LogP contribution in [0.2, 0.25) is 0 Å². The molecule has 0 radical (unpaired) electrons. The van der Waals surface area contributed by atoms with Gasteiger partial charge in [0.1, 0.15) is 0 Å². The average Bonchev–Trinajstić information content (AvgIpc) is 2.40. The van der Waals surface area contributed by atoms with Crippen LogP contribution in [0.4, 0.5) is 15.9 Å². The van der Waals surface area contributed by atoms with Crippen LogP contribution in [-0.4, -0.2) is 23.4 Å². The summed E-state index contributed by atoms with van der Waals surface area (Å²) in [6.07, 6.45) is 1.24. The van der Waals surface area contributed by atoms with Crippen LogP contribution in [0.3, 0.4) is 0 Å². The number of nitro groups is 1. The zero-order valence-corrected chi connectivity index (χ0v) is 11.0. The standard InChI is InChI=1S/C11H8FN3O5S/c12-8-6-7(3-4-9(8)15(17)18)21(19,20)14-11-10(16)2-1-5-13-11/h1-6,16H,(H,13,14). The summed E-state index contributed by atoms with van der Waals surface area (Å²) in [6, 6.07) is 4.73. The minimum atomic E-state index is -4.24. The first-order valence-electron chi connectivity index (χ1n) is 5.42. The number of nitrogens with one attached hydrogen (secondary N) is 1. The number of rotatable bonds is 4. The molecule has 0 saturated heterocycles. The van der Waals surface area contributed by atoms with E-state index in [1.54, 1.807) is 0 Å². The number of hydrogen-bond acceptors (Lipinski definition) is 6. The lowest BCUT2D eigenvalue weighted by molar-refractivity contribution is -0.387. The van der Waals surface area contributed by atoms with Gasteiger partial charge in [-0.25, -0.2) is 13.4 Å². The monoisotopic (exact) mass is 313 g/mol. The maximum Gasteiger partial charge on any atom is 0.304 e. The minimum Gasteiger partial charge on any atom is -0.504 e. The first-order valence-corrected chi connectivity index (χ1v) is 6.90. The van der Waals surface area contributed by atoms with Crippen LogP contribution in [0.5, 0.6) is 5.75 Å². The van der Waals surface area contributed by atoms with Gasteiger partial charge in [-0.3, -0.25) is 14.8 Å². The SMILES string of the molecule is O=[N+]([O-])c1ccc(S(=O)(=O)Nc2ncccc2O)cc1F. The number of aromatic nitrogens is 1. The molecule has 0 amide bonds. The highest BCUT2D eigenvalue weighted by atomic mass is 32.2. The zero-order chi connectivity index (χ0) is 15.6. The fourth-order valence-electron chi connectivity index (χ4n) is 1.46. The van der Waals surface area contributed by atoms with E-state index < -0.39 is 37.1 Å². The van der Waals surface area contributed by atoms with E-state index in [9.17, 15) is 28.0 Å². The van der Waals surface area contributed by atoms with Crippen molar-refractivity contribution in [2.75, 3.05) is 4.72 Å². The van der Waals surface area contributed by atoms with E-state index in [1.807, 2.05) is 4.72 Å². The quantitative estimate of drug-likeness (QED) is 0.653. The molecular weight excluding hydrogens is 305 g/mol. The molecule has 110 valence electrons. The molecule has 1 aromatic heterocycles. The van der Waals surface area contributed by atoms with Crippen molar-refractivity contribution < 1.29 is 22.8 Å². The van der Waals surface area contributed by atoms with E-state index >= 15 is 0 Å². The van der Waals surface area contributed by atoms with Crippen LogP contribution in [0.1, 0.15) is 0 Å². The molecule has 0 atom stereocenters. The lowest BCUT2D eigenvalue weighted by atomic mass is 10.3. The molecule has 8 nitrogen and oxygen atoms in total. The summed E-state index contributed by atoms with van der Waals surface area (Å²) in [6.45, 7) is 0. The van der Waals surface area contributed by atoms with Gasteiger partial charge in [0.2, 0.25) is 5.82 Å². The molecule has 0 bridgehead atoms. The fraction of sp³-hybridized carbons (Fsp3) is 0. The third kappa shape index (κ3) is 3.05. The van der Waals surface area contributed by atoms with Gasteiger partial charge in [0.05, 0.1) is 9.82 Å². The van der Waals surface area contributed by atoms with Crippen LogP contribution in [0, 0.1) is 15.9 Å². The van der Waals surface area contributed by atoms with Gasteiger partial charge < -0.3 is 5.11 Å². The lowest BCUT2D eigenvalue weighted by Crippen LogP contribution is -2.14. The molecule has 2 aromatic rings. The number of pyridine rings is 1. The number of halogens is 1. The molecule has 0 fully saturated rings. The molecule has 21 heavy (non-hydrogen) atoms. The molecule has 0 aliphatic carbocycles. The van der Waals surface area contributed by atoms with E-state index in [2.05, 4.69) is 4.98 Å². The normalized spacial score (nSPS) is 11.1. The Hall–Kier alpha value is -2.75. The molecule has 1 aromatic carbocycles. The van der Waals surface area contributed by atoms with Crippen LogP contribution < -0.4 is 4.72 Å². The van der Waals surface area contributed by atoms with E-state index in [0.717, 1.165) is 12.1 Å². The van der Waals surface area contributed by atoms with Crippen molar-refractivity contribution in [1.29, 1.82) is 0 Å². The second-order valence-corrected chi connectivity index (χ2v) is 5.53. The first kappa shape index (κ1) is 14.7. The molecule has 0 saturated carbocycles. The van der Waals surface area contributed by atoms with Crippen LogP contribution in [-0.2, 0) is 10.0 Å². The summed E-state index contributed by atoms with van der Waals surface area (Å²) in [5.41, 5.74) is -0.838. The van der Waals surface area contributed by atoms with Crippen molar-refractivity contribution >= 4 is 21.5 Å². The van der Waals surface area contributed by atoms with E-state index in [-0.39, 0.29) is 5.82 Å². The molecule has 0 spiro atoms. The Bertz CT molecular complexity index is 809. The van der Waals surface area contributed by atoms with Gasteiger partial charge in [-0.15, -0.1) is 0 Å². The van der Waals surface area contributed by atoms with Gasteiger partial charge in [0.25, 0.3) is 10.0 Å². The minimum absolute atomic E-state index is 0.337. The third-order valence-corrected chi connectivity index (χ3v) is 3.78. The Balaban J connectivity index is 2.39. The Morgan fingerprint density at radius 2 is 2.05 bits per heavy atom. The van der Waals surface area contributed by atoms with Gasteiger partial charge in [-0.2, -0.15) is 4.39 Å². The number of anilines is 1. The highest BCUT2D eigenvalue weighted by molar-refractivity contribution is 7.92. The summed E-state index contributed by atoms with van der Waals surface area (Å²) < 4.78 is 39.4. The Kier molecular flexibility index (Phi) is 3.72. The molecule has 10 heteroatoms. The van der Waals surface area contributed by atoms with Gasteiger partial charge in [-0.05, 0) is 18.2 Å². The highest BCUT2D eigenvalue weighted by Crippen LogP contribution is 2.25. The second kappa shape index (κ2) is 5.32. The molecule has 0 unspecified atom stereocenters. The van der Waals surface area contributed by atoms with E-state index in [0.29, 0.717) is 6.07 Å². The van der Waals surface area contributed by atoms with E-state index in [4.69, 9.17) is 0 Å². The van der Waals surface area contributed by atoms with E-state index in [1.165, 1.54) is 18.3 Å². The predicted octanol–water partition coefficient (Wildman–Crippen LogP) is 1.64. The van der Waals surface area contributed by atoms with Crippen molar-refractivity contribution in [3.63, 3.8) is 0 Å². The van der Waals surface area contributed by atoms with Crippen molar-refractivity contribution in [2.45, 2.75) is 4.90 Å². The molecule has 2 rings (SSSR count). The number of nitro benzene ring substituents is 1. The average molecular weight is 313 g/mol. The Morgan fingerprint density at radius 3 is 2.62 bits per heavy atom. The van der Waals surface area contributed by atoms with Crippen molar-refractivity contribution in [1.82, 2.24) is 4.98 Å². The van der Waals surface area contributed by atoms with Gasteiger partial charge in [0, 0.05) is 18.3 Å². The van der Waals surface area contributed by atoms with Gasteiger partial charge in [0.15, 0.2) is 11.6 Å². The Labute approximate surface area is 118 Å². The second-order valence-electron chi connectivity index (χ2n) is 3.85. The van der Waals surface area contributed by atoms with Crippen LogP contribution >= 0.6 is 0 Å². The first-order chi connectivity index (χ1) is 9.81. The topological polar surface area (TPSA) is 122 Å². The highest BCUT2D eigenvalue weighted by Gasteiger charge is 2.21. The summed E-state index contributed by atoms with van der Waals surface area (Å²) in [5, 5.41) is 19.9. The van der Waals surface area contributed by atoms with Crippen molar-refractivity contribution in [3.8, 4) is 5.75 Å². The molecular formula is C11H8FN3O5S. The lowest BCUT2D eigenvalue weighted by Gasteiger charge is -2.08.